The second-order valence-electron chi connectivity index (χ2n) is 5.53. The van der Waals surface area contributed by atoms with Crippen LogP contribution >= 0.6 is 0 Å². The molecule has 0 bridgehead atoms. The number of aromatic nitrogens is 2. The first-order valence-electron chi connectivity index (χ1n) is 7.39. The van der Waals surface area contributed by atoms with Gasteiger partial charge in [-0.25, -0.2) is 13.1 Å². The summed E-state index contributed by atoms with van der Waals surface area (Å²) in [6.45, 7) is 3.73. The molecular weight excluding hydrogens is 332 g/mol. The summed E-state index contributed by atoms with van der Waals surface area (Å²) in [5.41, 5.74) is 1.92. The molecule has 0 aliphatic carbocycles. The van der Waals surface area contributed by atoms with Gasteiger partial charge in [-0.2, -0.15) is 4.98 Å². The monoisotopic (exact) mass is 352 g/mol. The predicted molar refractivity (Wildman–Crippen MR) is 88.5 cm³/mol. The standard InChI is InChI=1S/C15H20N4O4S/c1-10-5-4-6-12(9-10)14-18-15(23-19-14)11(2)17-13(20)7-8-16-24(3,21)22/h4-6,9,11,16H,7-8H2,1-3H3,(H,17,20)/t11-/m1/s1. The lowest BCUT2D eigenvalue weighted by Gasteiger charge is -2.09. The van der Waals surface area contributed by atoms with Gasteiger partial charge in [0.2, 0.25) is 27.6 Å². The highest BCUT2D eigenvalue weighted by Crippen LogP contribution is 2.19. The molecule has 8 nitrogen and oxygen atoms in total. The van der Waals surface area contributed by atoms with E-state index in [1.54, 1.807) is 6.92 Å². The lowest BCUT2D eigenvalue weighted by Crippen LogP contribution is -2.31. The summed E-state index contributed by atoms with van der Waals surface area (Å²) in [7, 11) is -3.30. The average molecular weight is 352 g/mol. The predicted octanol–water partition coefficient (Wildman–Crippen LogP) is 1.16. The molecule has 0 spiro atoms. The molecule has 0 aliphatic heterocycles. The van der Waals surface area contributed by atoms with Crippen molar-refractivity contribution < 1.29 is 17.7 Å². The number of hydrogen-bond donors (Lipinski definition) is 2. The van der Waals surface area contributed by atoms with Gasteiger partial charge in [-0.15, -0.1) is 0 Å². The number of hydrogen-bond acceptors (Lipinski definition) is 6. The number of nitrogens with one attached hydrogen (secondary N) is 2. The molecule has 2 aromatic rings. The van der Waals surface area contributed by atoms with Crippen molar-refractivity contribution in [3.8, 4) is 11.4 Å². The minimum Gasteiger partial charge on any atom is -0.345 e. The van der Waals surface area contributed by atoms with Gasteiger partial charge in [0.05, 0.1) is 6.26 Å². The smallest absolute Gasteiger partial charge is 0.249 e. The molecule has 2 rings (SSSR count). The molecule has 1 atom stereocenters. The number of sulfonamides is 1. The molecule has 0 saturated carbocycles. The molecule has 0 fully saturated rings. The molecular formula is C15H20N4O4S. The maximum Gasteiger partial charge on any atom is 0.249 e. The second kappa shape index (κ2) is 7.54. The summed E-state index contributed by atoms with van der Waals surface area (Å²) >= 11 is 0. The Hall–Kier alpha value is -2.26. The molecule has 0 saturated heterocycles. The molecule has 130 valence electrons. The van der Waals surface area contributed by atoms with Crippen LogP contribution in [0, 0.1) is 6.92 Å². The molecule has 9 heteroatoms. The number of carbonyl (C=O) groups excluding carboxylic acids is 1. The minimum atomic E-state index is -3.30. The Kier molecular flexibility index (Phi) is 5.68. The average Bonchev–Trinajstić information content (AvgIpc) is 2.95. The maximum atomic E-state index is 11.8. The first kappa shape index (κ1) is 18.1. The third kappa shape index (κ3) is 5.43. The van der Waals surface area contributed by atoms with Crippen molar-refractivity contribution in [3.05, 3.63) is 35.7 Å². The SMILES string of the molecule is Cc1cccc(-c2noc([C@@H](C)NC(=O)CCNS(C)(=O)=O)n2)c1. The van der Waals surface area contributed by atoms with Gasteiger partial charge in [0, 0.05) is 18.5 Å². The molecule has 1 amide bonds. The van der Waals surface area contributed by atoms with Crippen molar-refractivity contribution in [1.29, 1.82) is 0 Å². The fourth-order valence-corrected chi connectivity index (χ4v) is 2.51. The van der Waals surface area contributed by atoms with Crippen LogP contribution in [0.3, 0.4) is 0 Å². The zero-order valence-corrected chi connectivity index (χ0v) is 14.6. The van der Waals surface area contributed by atoms with Crippen molar-refractivity contribution in [1.82, 2.24) is 20.2 Å². The summed E-state index contributed by atoms with van der Waals surface area (Å²) in [4.78, 5) is 16.1. The van der Waals surface area contributed by atoms with Crippen LogP contribution in [0.4, 0.5) is 0 Å². The second-order valence-corrected chi connectivity index (χ2v) is 7.36. The Morgan fingerprint density at radius 3 is 2.79 bits per heavy atom. The topological polar surface area (TPSA) is 114 Å². The van der Waals surface area contributed by atoms with E-state index in [4.69, 9.17) is 4.52 Å². The lowest BCUT2D eigenvalue weighted by molar-refractivity contribution is -0.121. The Labute approximate surface area is 140 Å². The van der Waals surface area contributed by atoms with Gasteiger partial charge in [-0.3, -0.25) is 4.79 Å². The zero-order chi connectivity index (χ0) is 17.7. The zero-order valence-electron chi connectivity index (χ0n) is 13.7. The van der Waals surface area contributed by atoms with Crippen LogP contribution in [0.5, 0.6) is 0 Å². The van der Waals surface area contributed by atoms with Crippen molar-refractivity contribution in [2.75, 3.05) is 12.8 Å². The lowest BCUT2D eigenvalue weighted by atomic mass is 10.1. The fourth-order valence-electron chi connectivity index (χ4n) is 2.04. The normalized spacial score (nSPS) is 12.8. The van der Waals surface area contributed by atoms with Gasteiger partial charge in [-0.05, 0) is 19.9 Å². The van der Waals surface area contributed by atoms with Gasteiger partial charge in [0.25, 0.3) is 0 Å². The number of rotatable bonds is 7. The fraction of sp³-hybridized carbons (Fsp3) is 0.400. The van der Waals surface area contributed by atoms with Gasteiger partial charge in [-0.1, -0.05) is 28.9 Å². The quantitative estimate of drug-likeness (QED) is 0.773. The molecule has 1 heterocycles. The van der Waals surface area contributed by atoms with Crippen LogP contribution in [0.1, 0.15) is 30.8 Å². The van der Waals surface area contributed by atoms with Crippen LogP contribution in [-0.4, -0.2) is 37.3 Å². The van der Waals surface area contributed by atoms with E-state index >= 15 is 0 Å². The highest BCUT2D eigenvalue weighted by molar-refractivity contribution is 7.88. The van der Waals surface area contributed by atoms with Gasteiger partial charge in [0.1, 0.15) is 6.04 Å². The van der Waals surface area contributed by atoms with Crippen LogP contribution in [-0.2, 0) is 14.8 Å². The largest absolute Gasteiger partial charge is 0.345 e. The molecule has 0 radical (unpaired) electrons. The van der Waals surface area contributed by atoms with E-state index in [9.17, 15) is 13.2 Å². The van der Waals surface area contributed by atoms with E-state index in [1.807, 2.05) is 31.2 Å². The molecule has 2 N–H and O–H groups in total. The first-order chi connectivity index (χ1) is 11.2. The van der Waals surface area contributed by atoms with E-state index in [0.717, 1.165) is 17.4 Å². The molecule has 0 aliphatic rings. The number of carbonyl (C=O) groups is 1. The van der Waals surface area contributed by atoms with Crippen LogP contribution in [0.25, 0.3) is 11.4 Å². The Balaban J connectivity index is 1.93. The summed E-state index contributed by atoms with van der Waals surface area (Å²) in [6, 6.07) is 7.22. The first-order valence-corrected chi connectivity index (χ1v) is 9.28. The molecule has 0 unspecified atom stereocenters. The highest BCUT2D eigenvalue weighted by atomic mass is 32.2. The van der Waals surface area contributed by atoms with Gasteiger partial charge in [0.15, 0.2) is 0 Å². The summed E-state index contributed by atoms with van der Waals surface area (Å²) in [5, 5.41) is 6.61. The third-order valence-electron chi connectivity index (χ3n) is 3.18. The number of benzene rings is 1. The van der Waals surface area contributed by atoms with Crippen LogP contribution in [0.15, 0.2) is 28.8 Å². The highest BCUT2D eigenvalue weighted by Gasteiger charge is 2.17. The van der Waals surface area contributed by atoms with Crippen molar-refractivity contribution in [2.45, 2.75) is 26.3 Å². The van der Waals surface area contributed by atoms with Crippen molar-refractivity contribution in [3.63, 3.8) is 0 Å². The van der Waals surface area contributed by atoms with E-state index in [-0.39, 0.29) is 24.8 Å². The number of nitrogens with zero attached hydrogens (tertiary/aromatic N) is 2. The minimum absolute atomic E-state index is 0.0241. The van der Waals surface area contributed by atoms with E-state index in [2.05, 4.69) is 20.2 Å². The molecule has 1 aromatic carbocycles. The van der Waals surface area contributed by atoms with Crippen molar-refractivity contribution in [2.24, 2.45) is 0 Å². The van der Waals surface area contributed by atoms with E-state index in [1.165, 1.54) is 0 Å². The Morgan fingerprint density at radius 1 is 1.38 bits per heavy atom. The summed E-state index contributed by atoms with van der Waals surface area (Å²) in [6.07, 6.45) is 1.06. The maximum absolute atomic E-state index is 11.8. The Bertz CT molecular complexity index is 816. The molecule has 1 aromatic heterocycles. The van der Waals surface area contributed by atoms with E-state index < -0.39 is 16.1 Å². The van der Waals surface area contributed by atoms with Crippen LogP contribution < -0.4 is 10.0 Å². The van der Waals surface area contributed by atoms with Gasteiger partial charge < -0.3 is 9.84 Å². The van der Waals surface area contributed by atoms with Gasteiger partial charge >= 0.3 is 0 Å². The van der Waals surface area contributed by atoms with Crippen molar-refractivity contribution >= 4 is 15.9 Å². The summed E-state index contributed by atoms with van der Waals surface area (Å²) in [5.74, 6) is 0.429. The molecule has 24 heavy (non-hydrogen) atoms. The number of amides is 1. The Morgan fingerprint density at radius 2 is 2.12 bits per heavy atom. The third-order valence-corrected chi connectivity index (χ3v) is 3.91. The van der Waals surface area contributed by atoms with Crippen LogP contribution in [0.2, 0.25) is 0 Å². The number of aryl methyl sites for hydroxylation is 1. The van der Waals surface area contributed by atoms with E-state index in [0.29, 0.717) is 5.82 Å². The summed E-state index contributed by atoms with van der Waals surface area (Å²) < 4.78 is 29.3.